The molecule has 0 aliphatic rings. The number of nitrogens with one attached hydrogen (secondary N) is 1. The van der Waals surface area contributed by atoms with E-state index < -0.39 is 0 Å². The van der Waals surface area contributed by atoms with Gasteiger partial charge in [-0.2, -0.15) is 10.1 Å². The zero-order valence-electron chi connectivity index (χ0n) is 13.3. The van der Waals surface area contributed by atoms with Crippen LogP contribution in [0, 0.1) is 0 Å². The second-order valence-corrected chi connectivity index (χ2v) is 4.75. The lowest BCUT2D eigenvalue weighted by Crippen LogP contribution is -2.09. The summed E-state index contributed by atoms with van der Waals surface area (Å²) in [6.07, 6.45) is 3.62. The predicted molar refractivity (Wildman–Crippen MR) is 93.3 cm³/mol. The topological polar surface area (TPSA) is 139 Å². The highest BCUT2D eigenvalue weighted by molar-refractivity contribution is 5.65. The summed E-state index contributed by atoms with van der Waals surface area (Å²) in [4.78, 5) is 16.7. The number of aliphatic hydroxyl groups excluding tert-OH is 1. The first-order valence-electron chi connectivity index (χ1n) is 7.35. The van der Waals surface area contributed by atoms with Gasteiger partial charge in [0.15, 0.2) is 0 Å². The first kappa shape index (κ1) is 17.9. The largest absolute Gasteiger partial charge is 0.483 e. The van der Waals surface area contributed by atoms with Crippen LogP contribution in [0.3, 0.4) is 0 Å². The van der Waals surface area contributed by atoms with Gasteiger partial charge in [-0.05, 0) is 18.2 Å². The minimum atomic E-state index is -0.250. The van der Waals surface area contributed by atoms with Crippen LogP contribution in [0.2, 0.25) is 0 Å². The lowest BCUT2D eigenvalue weighted by Gasteiger charge is -2.08. The second kappa shape index (κ2) is 8.99. The Morgan fingerprint density at radius 1 is 1.24 bits per heavy atom. The van der Waals surface area contributed by atoms with Crippen LogP contribution in [0.15, 0.2) is 48.8 Å². The number of hydrogen-bond donors (Lipinski definition) is 4. The van der Waals surface area contributed by atoms with Crippen molar-refractivity contribution in [3.8, 4) is 16.9 Å². The molecule has 9 nitrogen and oxygen atoms in total. The van der Waals surface area contributed by atoms with Crippen molar-refractivity contribution in [3.05, 3.63) is 48.8 Å². The molecule has 0 fully saturated rings. The van der Waals surface area contributed by atoms with E-state index in [-0.39, 0.29) is 19.0 Å². The molecule has 0 bridgehead atoms. The number of nitrogen functional groups attached to an aromatic ring is 1. The number of anilines is 2. The number of rotatable bonds is 5. The molecule has 2 heterocycles. The van der Waals surface area contributed by atoms with Gasteiger partial charge in [-0.1, -0.05) is 12.1 Å². The second-order valence-electron chi connectivity index (χ2n) is 4.75. The van der Waals surface area contributed by atoms with Crippen LogP contribution >= 0.6 is 0 Å². The SMILES string of the molecule is Nc1nc(NCCO)cc(-c2ccc(-n3cccn3)cc2)n1.O=CO. The number of nitrogens with two attached hydrogens (primary N) is 1. The Bertz CT molecular complexity index is 790. The van der Waals surface area contributed by atoms with Gasteiger partial charge in [0, 0.05) is 30.6 Å². The summed E-state index contributed by atoms with van der Waals surface area (Å²) in [7, 11) is 0. The van der Waals surface area contributed by atoms with Crippen LogP contribution in [-0.4, -0.2) is 49.6 Å². The van der Waals surface area contributed by atoms with E-state index >= 15 is 0 Å². The predicted octanol–water partition coefficient (Wildman–Crippen LogP) is 1.02. The molecule has 130 valence electrons. The Kier molecular flexibility index (Phi) is 6.43. The molecule has 0 aliphatic carbocycles. The van der Waals surface area contributed by atoms with Gasteiger partial charge in [0.2, 0.25) is 5.95 Å². The molecule has 9 heteroatoms. The molecule has 0 aliphatic heterocycles. The smallest absolute Gasteiger partial charge is 0.290 e. The minimum Gasteiger partial charge on any atom is -0.483 e. The Morgan fingerprint density at radius 2 is 1.96 bits per heavy atom. The quantitative estimate of drug-likeness (QED) is 0.504. The Balaban J connectivity index is 0.000000701. The van der Waals surface area contributed by atoms with Crippen molar-refractivity contribution < 1.29 is 15.0 Å². The fraction of sp³-hybridized carbons (Fsp3) is 0.125. The van der Waals surface area contributed by atoms with E-state index in [4.69, 9.17) is 20.7 Å². The normalized spacial score (nSPS) is 9.80. The molecule has 5 N–H and O–H groups in total. The number of benzene rings is 1. The molecule has 0 spiro atoms. The monoisotopic (exact) mass is 342 g/mol. The summed E-state index contributed by atoms with van der Waals surface area (Å²) in [6, 6.07) is 11.5. The van der Waals surface area contributed by atoms with E-state index in [0.717, 1.165) is 16.9 Å². The number of carboxylic acid groups (broad SMARTS) is 1. The fourth-order valence-electron chi connectivity index (χ4n) is 2.09. The molecule has 25 heavy (non-hydrogen) atoms. The van der Waals surface area contributed by atoms with Crippen LogP contribution in [-0.2, 0) is 4.79 Å². The maximum absolute atomic E-state index is 8.86. The van der Waals surface area contributed by atoms with Crippen LogP contribution in [0.5, 0.6) is 0 Å². The third-order valence-electron chi connectivity index (χ3n) is 3.09. The van der Waals surface area contributed by atoms with E-state index in [1.807, 2.05) is 36.5 Å². The summed E-state index contributed by atoms with van der Waals surface area (Å²) >= 11 is 0. The first-order chi connectivity index (χ1) is 12.2. The number of aromatic nitrogens is 4. The van der Waals surface area contributed by atoms with Gasteiger partial charge >= 0.3 is 0 Å². The summed E-state index contributed by atoms with van der Waals surface area (Å²) in [5, 5.41) is 22.9. The van der Waals surface area contributed by atoms with Crippen molar-refractivity contribution in [1.29, 1.82) is 0 Å². The molecule has 2 aromatic heterocycles. The van der Waals surface area contributed by atoms with Gasteiger partial charge in [-0.3, -0.25) is 4.79 Å². The molecular weight excluding hydrogens is 324 g/mol. The highest BCUT2D eigenvalue weighted by Crippen LogP contribution is 2.22. The van der Waals surface area contributed by atoms with Gasteiger partial charge < -0.3 is 21.3 Å². The summed E-state index contributed by atoms with van der Waals surface area (Å²) < 4.78 is 1.78. The third-order valence-corrected chi connectivity index (χ3v) is 3.09. The molecule has 0 radical (unpaired) electrons. The van der Waals surface area contributed by atoms with Crippen molar-refractivity contribution >= 4 is 18.2 Å². The summed E-state index contributed by atoms with van der Waals surface area (Å²) in [6.45, 7) is 0.186. The zero-order valence-corrected chi connectivity index (χ0v) is 13.3. The van der Waals surface area contributed by atoms with Crippen LogP contribution in [0.1, 0.15) is 0 Å². The van der Waals surface area contributed by atoms with Gasteiger partial charge in [-0.25, -0.2) is 9.67 Å². The maximum Gasteiger partial charge on any atom is 0.290 e. The number of carbonyl (C=O) groups is 1. The van der Waals surface area contributed by atoms with E-state index in [2.05, 4.69) is 20.4 Å². The maximum atomic E-state index is 8.86. The average Bonchev–Trinajstić information content (AvgIpc) is 3.15. The molecule has 0 atom stereocenters. The number of hydrogen-bond acceptors (Lipinski definition) is 7. The lowest BCUT2D eigenvalue weighted by molar-refractivity contribution is -0.122. The van der Waals surface area contributed by atoms with Crippen LogP contribution in [0.4, 0.5) is 11.8 Å². The van der Waals surface area contributed by atoms with Gasteiger partial charge in [-0.15, -0.1) is 0 Å². The molecule has 3 aromatic rings. The molecule has 0 saturated heterocycles. The van der Waals surface area contributed by atoms with Crippen molar-refractivity contribution in [2.75, 3.05) is 24.2 Å². The van der Waals surface area contributed by atoms with Crippen LogP contribution in [0.25, 0.3) is 16.9 Å². The summed E-state index contributed by atoms with van der Waals surface area (Å²) in [5.74, 6) is 0.779. The van der Waals surface area contributed by atoms with E-state index in [0.29, 0.717) is 12.4 Å². The zero-order chi connectivity index (χ0) is 18.1. The van der Waals surface area contributed by atoms with Crippen LogP contribution < -0.4 is 11.1 Å². The Hall–Kier alpha value is -3.46. The van der Waals surface area contributed by atoms with Crippen molar-refractivity contribution in [2.45, 2.75) is 0 Å². The third kappa shape index (κ3) is 5.01. The number of aliphatic hydroxyl groups is 1. The highest BCUT2D eigenvalue weighted by Gasteiger charge is 2.05. The van der Waals surface area contributed by atoms with E-state index in [1.54, 1.807) is 16.9 Å². The van der Waals surface area contributed by atoms with E-state index in [1.165, 1.54) is 0 Å². The van der Waals surface area contributed by atoms with Crippen molar-refractivity contribution in [3.63, 3.8) is 0 Å². The molecular formula is C16H18N6O3. The van der Waals surface area contributed by atoms with Gasteiger partial charge in [0.25, 0.3) is 6.47 Å². The van der Waals surface area contributed by atoms with Gasteiger partial charge in [0.05, 0.1) is 18.0 Å². The molecule has 0 unspecified atom stereocenters. The van der Waals surface area contributed by atoms with Crippen molar-refractivity contribution in [1.82, 2.24) is 19.7 Å². The molecule has 0 saturated carbocycles. The average molecular weight is 342 g/mol. The standard InChI is InChI=1S/C15H16N6O.CH2O2/c16-15-19-13(10-14(20-15)17-7-9-22)11-2-4-12(5-3-11)21-8-1-6-18-21;2-1-3/h1-6,8,10,22H,7,9H2,(H3,16,17,19,20);1H,(H,2,3). The van der Waals surface area contributed by atoms with Crippen molar-refractivity contribution in [2.24, 2.45) is 0 Å². The Labute approximate surface area is 143 Å². The highest BCUT2D eigenvalue weighted by atomic mass is 16.3. The first-order valence-corrected chi connectivity index (χ1v) is 7.35. The Morgan fingerprint density at radius 3 is 2.56 bits per heavy atom. The van der Waals surface area contributed by atoms with Gasteiger partial charge in [0.1, 0.15) is 5.82 Å². The molecule has 1 aromatic carbocycles. The molecule has 0 amide bonds. The summed E-state index contributed by atoms with van der Waals surface area (Å²) in [5.41, 5.74) is 8.35. The number of nitrogens with zero attached hydrogens (tertiary/aromatic N) is 4. The minimum absolute atomic E-state index is 0.0256. The fourth-order valence-corrected chi connectivity index (χ4v) is 2.09. The molecule has 3 rings (SSSR count). The lowest BCUT2D eigenvalue weighted by atomic mass is 10.1. The van der Waals surface area contributed by atoms with E-state index in [9.17, 15) is 0 Å².